The number of benzene rings is 5. The molecule has 7 rings (SSSR count). The SMILES string of the molecule is Cc1cc(C)c(-c2cc(-c3ccccc3)c(-c3cc(-c4cccnc4)c(C)cc3C)cc2-c2ccccc2)cc1-c1cccnc1. The molecule has 0 amide bonds. The molecule has 0 bridgehead atoms. The first-order valence-corrected chi connectivity index (χ1v) is 15.8. The molecule has 7 aromatic rings. The third-order valence-corrected chi connectivity index (χ3v) is 9.00. The van der Waals surface area contributed by atoms with Crippen molar-refractivity contribution >= 4 is 0 Å². The zero-order valence-electron chi connectivity index (χ0n) is 26.8. The van der Waals surface area contributed by atoms with Gasteiger partial charge in [0.05, 0.1) is 0 Å². The van der Waals surface area contributed by atoms with E-state index in [0.717, 1.165) is 11.1 Å². The molecule has 0 aliphatic carbocycles. The van der Waals surface area contributed by atoms with Gasteiger partial charge in [0.1, 0.15) is 0 Å². The molecule has 0 spiro atoms. The molecule has 0 aliphatic rings. The summed E-state index contributed by atoms with van der Waals surface area (Å²) in [5.41, 5.74) is 19.3. The van der Waals surface area contributed by atoms with Gasteiger partial charge in [-0.25, -0.2) is 0 Å². The number of aromatic nitrogens is 2. The van der Waals surface area contributed by atoms with E-state index < -0.39 is 0 Å². The maximum atomic E-state index is 4.43. The first-order chi connectivity index (χ1) is 22.5. The summed E-state index contributed by atoms with van der Waals surface area (Å²) in [6.45, 7) is 8.83. The number of pyridine rings is 2. The zero-order valence-corrected chi connectivity index (χ0v) is 26.8. The quantitative estimate of drug-likeness (QED) is 0.192. The molecule has 222 valence electrons. The number of hydrogen-bond acceptors (Lipinski definition) is 2. The first kappa shape index (κ1) is 29.1. The van der Waals surface area contributed by atoms with Crippen LogP contribution in [0.15, 0.2) is 146 Å². The zero-order chi connectivity index (χ0) is 31.6. The second-order valence-corrected chi connectivity index (χ2v) is 12.1. The first-order valence-electron chi connectivity index (χ1n) is 15.8. The maximum absolute atomic E-state index is 4.43. The van der Waals surface area contributed by atoms with Crippen molar-refractivity contribution in [3.8, 4) is 66.8 Å². The molecule has 0 fully saturated rings. The van der Waals surface area contributed by atoms with Crippen LogP contribution in [0.5, 0.6) is 0 Å². The van der Waals surface area contributed by atoms with Crippen LogP contribution in [0.25, 0.3) is 66.8 Å². The Kier molecular flexibility index (Phi) is 7.86. The molecular weight excluding hydrogens is 556 g/mol. The monoisotopic (exact) mass is 592 g/mol. The van der Waals surface area contributed by atoms with E-state index in [1.54, 1.807) is 0 Å². The van der Waals surface area contributed by atoms with Gasteiger partial charge in [0.15, 0.2) is 0 Å². The highest BCUT2D eigenvalue weighted by molar-refractivity contribution is 5.97. The predicted molar refractivity (Wildman–Crippen MR) is 194 cm³/mol. The van der Waals surface area contributed by atoms with Crippen LogP contribution in [0.4, 0.5) is 0 Å². The van der Waals surface area contributed by atoms with Gasteiger partial charge in [-0.15, -0.1) is 0 Å². The fraction of sp³-hybridized carbons (Fsp3) is 0.0909. The summed E-state index contributed by atoms with van der Waals surface area (Å²) < 4.78 is 0. The number of rotatable bonds is 6. The van der Waals surface area contributed by atoms with Crippen molar-refractivity contribution in [2.45, 2.75) is 27.7 Å². The fourth-order valence-electron chi connectivity index (χ4n) is 6.71. The molecule has 2 heterocycles. The van der Waals surface area contributed by atoms with Crippen molar-refractivity contribution in [1.82, 2.24) is 9.97 Å². The molecule has 46 heavy (non-hydrogen) atoms. The van der Waals surface area contributed by atoms with Crippen LogP contribution < -0.4 is 0 Å². The van der Waals surface area contributed by atoms with E-state index in [4.69, 9.17) is 0 Å². The minimum Gasteiger partial charge on any atom is -0.264 e. The molecular formula is C44H36N2. The van der Waals surface area contributed by atoms with Crippen LogP contribution in [-0.4, -0.2) is 9.97 Å². The normalized spacial score (nSPS) is 11.0. The highest BCUT2D eigenvalue weighted by Crippen LogP contribution is 2.45. The van der Waals surface area contributed by atoms with E-state index in [0.29, 0.717) is 0 Å². The molecule has 0 radical (unpaired) electrons. The van der Waals surface area contributed by atoms with Crippen molar-refractivity contribution < 1.29 is 0 Å². The second kappa shape index (κ2) is 12.4. The van der Waals surface area contributed by atoms with Gasteiger partial charge in [-0.1, -0.05) is 84.9 Å². The van der Waals surface area contributed by atoms with Gasteiger partial charge in [-0.05, 0) is 142 Å². The van der Waals surface area contributed by atoms with Gasteiger partial charge in [0, 0.05) is 35.9 Å². The number of nitrogens with zero attached hydrogens (tertiary/aromatic N) is 2. The Morgan fingerprint density at radius 2 is 0.652 bits per heavy atom. The summed E-state index contributed by atoms with van der Waals surface area (Å²) in [7, 11) is 0. The lowest BCUT2D eigenvalue weighted by molar-refractivity contribution is 1.31. The van der Waals surface area contributed by atoms with Crippen molar-refractivity contribution in [2.24, 2.45) is 0 Å². The fourth-order valence-corrected chi connectivity index (χ4v) is 6.71. The Morgan fingerprint density at radius 3 is 1.02 bits per heavy atom. The molecule has 5 aromatic carbocycles. The molecule has 2 aromatic heterocycles. The van der Waals surface area contributed by atoms with E-state index in [2.05, 4.69) is 147 Å². The van der Waals surface area contributed by atoms with Crippen molar-refractivity contribution in [3.63, 3.8) is 0 Å². The Bertz CT molecular complexity index is 1990. The Morgan fingerprint density at radius 1 is 0.304 bits per heavy atom. The largest absolute Gasteiger partial charge is 0.264 e. The van der Waals surface area contributed by atoms with E-state index in [-0.39, 0.29) is 0 Å². The predicted octanol–water partition coefficient (Wildman–Crippen LogP) is 11.7. The van der Waals surface area contributed by atoms with E-state index in [1.807, 2.05) is 36.9 Å². The summed E-state index contributed by atoms with van der Waals surface area (Å²) in [6.07, 6.45) is 7.58. The smallest absolute Gasteiger partial charge is 0.0346 e. The summed E-state index contributed by atoms with van der Waals surface area (Å²) in [4.78, 5) is 8.86. The number of hydrogen-bond donors (Lipinski definition) is 0. The van der Waals surface area contributed by atoms with E-state index >= 15 is 0 Å². The molecule has 0 N–H and O–H groups in total. The van der Waals surface area contributed by atoms with Crippen LogP contribution in [0.1, 0.15) is 22.3 Å². The van der Waals surface area contributed by atoms with Crippen LogP contribution >= 0.6 is 0 Å². The molecule has 0 unspecified atom stereocenters. The van der Waals surface area contributed by atoms with E-state index in [9.17, 15) is 0 Å². The van der Waals surface area contributed by atoms with Crippen molar-refractivity contribution in [2.75, 3.05) is 0 Å². The van der Waals surface area contributed by atoms with Crippen LogP contribution in [0.3, 0.4) is 0 Å². The van der Waals surface area contributed by atoms with Crippen LogP contribution in [0, 0.1) is 27.7 Å². The Labute approximate surface area is 272 Å². The minimum atomic E-state index is 1.13. The average Bonchev–Trinajstić information content (AvgIpc) is 3.09. The standard InChI is InChI=1S/C44H36N2/c1-29-21-31(3)39(23-37(29)35-17-11-19-45-27-35)43-25-42(34-15-9-6-10-16-34)44(26-41(43)33-13-7-5-8-14-33)40-24-38(30(2)22-32(40)4)36-18-12-20-46-28-36/h5-28H,1-4H3. The summed E-state index contributed by atoms with van der Waals surface area (Å²) >= 11 is 0. The molecule has 0 atom stereocenters. The maximum Gasteiger partial charge on any atom is 0.0346 e. The Hall–Kier alpha value is -5.60. The molecule has 2 nitrogen and oxygen atoms in total. The molecule has 2 heteroatoms. The van der Waals surface area contributed by atoms with Crippen LogP contribution in [-0.2, 0) is 0 Å². The lowest BCUT2D eigenvalue weighted by atomic mass is 9.82. The minimum absolute atomic E-state index is 1.13. The molecule has 0 aliphatic heterocycles. The van der Waals surface area contributed by atoms with Crippen molar-refractivity contribution in [1.29, 1.82) is 0 Å². The lowest BCUT2D eigenvalue weighted by Gasteiger charge is -2.22. The van der Waals surface area contributed by atoms with Gasteiger partial charge in [-0.2, -0.15) is 0 Å². The third kappa shape index (κ3) is 5.55. The second-order valence-electron chi connectivity index (χ2n) is 12.1. The topological polar surface area (TPSA) is 25.8 Å². The molecule has 0 saturated heterocycles. The summed E-state index contributed by atoms with van der Waals surface area (Å²) in [6, 6.07) is 44.1. The highest BCUT2D eigenvalue weighted by Gasteiger charge is 2.20. The van der Waals surface area contributed by atoms with E-state index in [1.165, 1.54) is 77.9 Å². The summed E-state index contributed by atoms with van der Waals surface area (Å²) in [5, 5.41) is 0. The van der Waals surface area contributed by atoms with Gasteiger partial charge in [0.25, 0.3) is 0 Å². The van der Waals surface area contributed by atoms with Crippen molar-refractivity contribution in [3.05, 3.63) is 168 Å². The van der Waals surface area contributed by atoms with Gasteiger partial charge < -0.3 is 0 Å². The Balaban J connectivity index is 1.55. The van der Waals surface area contributed by atoms with Gasteiger partial charge in [-0.3, -0.25) is 9.97 Å². The highest BCUT2D eigenvalue weighted by atomic mass is 14.6. The molecule has 0 saturated carbocycles. The van der Waals surface area contributed by atoms with Gasteiger partial charge in [0.2, 0.25) is 0 Å². The summed E-state index contributed by atoms with van der Waals surface area (Å²) in [5.74, 6) is 0. The third-order valence-electron chi connectivity index (χ3n) is 9.00. The lowest BCUT2D eigenvalue weighted by Crippen LogP contribution is -1.97. The van der Waals surface area contributed by atoms with Gasteiger partial charge >= 0.3 is 0 Å². The van der Waals surface area contributed by atoms with Crippen LogP contribution in [0.2, 0.25) is 0 Å². The number of aryl methyl sites for hydroxylation is 4. The average molecular weight is 593 g/mol.